The van der Waals surface area contributed by atoms with Crippen LogP contribution in [-0.2, 0) is 33.4 Å². The topological polar surface area (TPSA) is 156 Å². The largest absolute Gasteiger partial charge is 0.462 e. The first-order chi connectivity index (χ1) is 22.9. The molecule has 12 heteroatoms. The van der Waals surface area contributed by atoms with E-state index in [9.17, 15) is 24.0 Å². The van der Waals surface area contributed by atoms with Gasteiger partial charge in [-0.25, -0.2) is 5.43 Å². The summed E-state index contributed by atoms with van der Waals surface area (Å²) in [5.41, 5.74) is 4.19. The molecular formula is C36H47N5O7. The predicted molar refractivity (Wildman–Crippen MR) is 179 cm³/mol. The molecule has 3 heterocycles. The maximum Gasteiger partial charge on any atom is 0.316 e. The molecule has 3 amide bonds. The van der Waals surface area contributed by atoms with Gasteiger partial charge in [-0.15, -0.1) is 0 Å². The molecule has 1 saturated heterocycles. The van der Waals surface area contributed by atoms with Crippen molar-refractivity contribution in [2.45, 2.75) is 110 Å². The van der Waals surface area contributed by atoms with Crippen molar-refractivity contribution >= 4 is 46.6 Å². The van der Waals surface area contributed by atoms with Gasteiger partial charge in [0.15, 0.2) is 6.10 Å². The summed E-state index contributed by atoms with van der Waals surface area (Å²) in [7, 11) is 0. The standard InChI is InChI=1S/C36H47N5O7/c1-6-30(42)47-26-14-17-36(18-15-26)16-13-24-9-10-25-11-12-27(39-29(25)20-24)22(4)37-32(43)28-8-7-19-41(40-28)34(45)23(5)38-33(44)31(21(2)3)48-35(36)46/h9-13,16,20-23,26,28,31,40H,6-8,14-15,17-19H2,1-5H3,(H,37,43)(H,38,44)/t22-,23+,26?,28+,31+,36?/m1/s1. The molecule has 5 rings (SSSR count). The minimum absolute atomic E-state index is 0.252. The lowest BCUT2D eigenvalue weighted by molar-refractivity contribution is -0.170. The molecule has 12 nitrogen and oxygen atoms in total. The SMILES string of the molecule is CCC(=O)OC1CCC2(C=Cc3ccc4ccc(nc4c3)[C@@H](C)NC(=O)[C@@H]3CCCN(N3)C(=O)[C@H](C)NC(=O)[C@H](C(C)C)OC2=O)CC1. The molecule has 1 aromatic heterocycles. The van der Waals surface area contributed by atoms with Crippen LogP contribution in [0.2, 0.25) is 0 Å². The molecule has 1 saturated carbocycles. The minimum atomic E-state index is -1.15. The van der Waals surface area contributed by atoms with E-state index in [-0.39, 0.29) is 30.3 Å². The van der Waals surface area contributed by atoms with E-state index < -0.39 is 47.4 Å². The Balaban J connectivity index is 1.51. The van der Waals surface area contributed by atoms with E-state index in [4.69, 9.17) is 14.5 Å². The highest BCUT2D eigenvalue weighted by Crippen LogP contribution is 2.41. The molecule has 4 atom stereocenters. The molecule has 2 fully saturated rings. The fraction of sp³-hybridized carbons (Fsp3) is 0.556. The molecule has 0 radical (unpaired) electrons. The molecular weight excluding hydrogens is 614 g/mol. The first-order valence-corrected chi connectivity index (χ1v) is 17.1. The number of carbonyl (C=O) groups excluding carboxylic acids is 5. The van der Waals surface area contributed by atoms with Crippen molar-refractivity contribution < 1.29 is 33.4 Å². The molecule has 258 valence electrons. The number of amides is 3. The van der Waals surface area contributed by atoms with Crippen LogP contribution < -0.4 is 16.1 Å². The number of rotatable bonds is 3. The Bertz CT molecular complexity index is 1580. The van der Waals surface area contributed by atoms with E-state index in [1.807, 2.05) is 49.4 Å². The van der Waals surface area contributed by atoms with Gasteiger partial charge in [-0.1, -0.05) is 51.1 Å². The first-order valence-electron chi connectivity index (χ1n) is 17.1. The second kappa shape index (κ2) is 14.8. The molecule has 3 N–H and O–H groups in total. The Hall–Kier alpha value is -4.32. The van der Waals surface area contributed by atoms with Crippen molar-refractivity contribution in [1.29, 1.82) is 0 Å². The number of nitrogens with zero attached hydrogens (tertiary/aromatic N) is 2. The molecule has 3 aliphatic rings. The van der Waals surface area contributed by atoms with E-state index in [0.29, 0.717) is 50.8 Å². The number of carbonyl (C=O) groups is 5. The fourth-order valence-electron chi connectivity index (χ4n) is 6.52. The van der Waals surface area contributed by atoms with E-state index in [2.05, 4.69) is 16.1 Å². The van der Waals surface area contributed by atoms with Crippen molar-refractivity contribution in [3.63, 3.8) is 0 Å². The van der Waals surface area contributed by atoms with Gasteiger partial charge in [-0.05, 0) is 76.0 Å². The Kier molecular flexibility index (Phi) is 10.8. The molecule has 48 heavy (non-hydrogen) atoms. The summed E-state index contributed by atoms with van der Waals surface area (Å²) in [6.45, 7) is 9.11. The maximum atomic E-state index is 14.1. The monoisotopic (exact) mass is 661 g/mol. The summed E-state index contributed by atoms with van der Waals surface area (Å²) in [6.07, 6.45) is 5.31. The van der Waals surface area contributed by atoms with Crippen LogP contribution in [0, 0.1) is 11.3 Å². The van der Waals surface area contributed by atoms with Crippen LogP contribution in [0.25, 0.3) is 17.0 Å². The maximum absolute atomic E-state index is 14.1. The van der Waals surface area contributed by atoms with Crippen LogP contribution in [0.15, 0.2) is 36.4 Å². The predicted octanol–water partition coefficient (Wildman–Crippen LogP) is 3.89. The van der Waals surface area contributed by atoms with Crippen LogP contribution in [0.4, 0.5) is 0 Å². The molecule has 0 unspecified atom stereocenters. The molecule has 2 aliphatic heterocycles. The number of esters is 2. The lowest BCUT2D eigenvalue weighted by Crippen LogP contribution is -2.61. The third-order valence-electron chi connectivity index (χ3n) is 9.55. The molecule has 1 aliphatic carbocycles. The van der Waals surface area contributed by atoms with Crippen molar-refractivity contribution in [2.24, 2.45) is 11.3 Å². The van der Waals surface area contributed by atoms with E-state index in [1.54, 1.807) is 27.7 Å². The number of hydrogen-bond acceptors (Lipinski definition) is 9. The quantitative estimate of drug-likeness (QED) is 0.416. The molecule has 1 aromatic carbocycles. The summed E-state index contributed by atoms with van der Waals surface area (Å²) < 4.78 is 11.6. The number of nitrogens with one attached hydrogen (secondary N) is 3. The van der Waals surface area contributed by atoms with Gasteiger partial charge >= 0.3 is 11.9 Å². The Labute approximate surface area is 281 Å². The number of pyridine rings is 1. The van der Waals surface area contributed by atoms with Crippen molar-refractivity contribution in [2.75, 3.05) is 6.54 Å². The molecule has 2 aromatic rings. The van der Waals surface area contributed by atoms with Gasteiger partial charge in [0.25, 0.3) is 11.8 Å². The van der Waals surface area contributed by atoms with Crippen LogP contribution in [0.1, 0.15) is 96.9 Å². The lowest BCUT2D eigenvalue weighted by atomic mass is 9.72. The number of benzene rings is 1. The average molecular weight is 662 g/mol. The summed E-state index contributed by atoms with van der Waals surface area (Å²) in [5.74, 6) is -2.45. The highest BCUT2D eigenvalue weighted by atomic mass is 16.6. The summed E-state index contributed by atoms with van der Waals surface area (Å²) in [4.78, 5) is 71.2. The number of fused-ring (bicyclic) bond motifs is 4. The third kappa shape index (κ3) is 7.86. The van der Waals surface area contributed by atoms with E-state index in [1.165, 1.54) is 5.01 Å². The Morgan fingerprint density at radius 2 is 1.73 bits per heavy atom. The zero-order chi connectivity index (χ0) is 34.6. The Morgan fingerprint density at radius 1 is 1.02 bits per heavy atom. The van der Waals surface area contributed by atoms with Crippen molar-refractivity contribution in [3.05, 3.63) is 47.7 Å². The van der Waals surface area contributed by atoms with Crippen LogP contribution in [-0.4, -0.2) is 70.5 Å². The Morgan fingerprint density at radius 3 is 2.44 bits per heavy atom. The zero-order valence-electron chi connectivity index (χ0n) is 28.4. The number of ether oxygens (including phenoxy) is 2. The first kappa shape index (κ1) is 35.0. The average Bonchev–Trinajstić information content (AvgIpc) is 3.08. The van der Waals surface area contributed by atoms with E-state index in [0.717, 1.165) is 16.5 Å². The minimum Gasteiger partial charge on any atom is -0.462 e. The normalized spacial score (nSPS) is 29.0. The van der Waals surface area contributed by atoms with Crippen LogP contribution in [0.5, 0.6) is 0 Å². The van der Waals surface area contributed by atoms with Gasteiger partial charge < -0.3 is 20.1 Å². The number of hydrazine groups is 1. The van der Waals surface area contributed by atoms with Crippen LogP contribution >= 0.6 is 0 Å². The van der Waals surface area contributed by atoms with Gasteiger partial charge in [0.05, 0.1) is 22.7 Å². The fourth-order valence-corrected chi connectivity index (χ4v) is 6.52. The third-order valence-corrected chi connectivity index (χ3v) is 9.55. The van der Waals surface area contributed by atoms with Gasteiger partial charge in [0, 0.05) is 18.4 Å². The van der Waals surface area contributed by atoms with E-state index >= 15 is 0 Å². The second-order valence-electron chi connectivity index (χ2n) is 13.6. The van der Waals surface area contributed by atoms with Gasteiger partial charge in [0.1, 0.15) is 18.2 Å². The zero-order valence-corrected chi connectivity index (χ0v) is 28.4. The van der Waals surface area contributed by atoms with Crippen molar-refractivity contribution in [3.8, 4) is 0 Å². The van der Waals surface area contributed by atoms with Gasteiger partial charge in [-0.2, -0.15) is 0 Å². The van der Waals surface area contributed by atoms with Gasteiger partial charge in [-0.3, -0.25) is 34.0 Å². The lowest BCUT2D eigenvalue weighted by Gasteiger charge is -2.37. The summed E-state index contributed by atoms with van der Waals surface area (Å²) >= 11 is 0. The smallest absolute Gasteiger partial charge is 0.316 e. The highest BCUT2D eigenvalue weighted by Gasteiger charge is 2.44. The van der Waals surface area contributed by atoms with Crippen molar-refractivity contribution in [1.82, 2.24) is 26.1 Å². The number of aromatic nitrogens is 1. The highest BCUT2D eigenvalue weighted by molar-refractivity contribution is 5.92. The summed E-state index contributed by atoms with van der Waals surface area (Å²) in [6, 6.07) is 7.68. The van der Waals surface area contributed by atoms with Crippen LogP contribution in [0.3, 0.4) is 0 Å². The van der Waals surface area contributed by atoms with Gasteiger partial charge in [0.2, 0.25) is 5.91 Å². The number of hydrogen-bond donors (Lipinski definition) is 3. The number of cyclic esters (lactones) is 1. The molecule has 1 spiro atoms. The second-order valence-corrected chi connectivity index (χ2v) is 13.6. The summed E-state index contributed by atoms with van der Waals surface area (Å²) in [5, 5.41) is 8.06. The molecule has 5 bridgehead atoms.